The van der Waals surface area contributed by atoms with E-state index in [-0.39, 0.29) is 0 Å². The van der Waals surface area contributed by atoms with Gasteiger partial charge in [0.15, 0.2) is 0 Å². The third-order valence-corrected chi connectivity index (χ3v) is 3.86. The van der Waals surface area contributed by atoms with Crippen LogP contribution in [0.15, 0.2) is 30.6 Å². The van der Waals surface area contributed by atoms with E-state index in [1.165, 1.54) is 39.0 Å². The molecule has 0 atom stereocenters. The summed E-state index contributed by atoms with van der Waals surface area (Å²) in [6.45, 7) is 10.7. The lowest BCUT2D eigenvalue weighted by Gasteiger charge is -2.13. The molecule has 0 saturated carbocycles. The molecule has 0 aliphatic carbocycles. The summed E-state index contributed by atoms with van der Waals surface area (Å²) >= 11 is 0. The minimum atomic E-state index is 1.09. The SMILES string of the molecule is Cc1cc(C)c(-n2cnc3c(C)cc(C)cc32)c(C)c1. The number of aryl methyl sites for hydroxylation is 5. The summed E-state index contributed by atoms with van der Waals surface area (Å²) in [5.41, 5.74) is 9.94. The zero-order chi connectivity index (χ0) is 14.4. The second kappa shape index (κ2) is 4.48. The lowest BCUT2D eigenvalue weighted by Crippen LogP contribution is -2.00. The number of nitrogens with zero attached hydrogens (tertiary/aromatic N) is 2. The monoisotopic (exact) mass is 264 g/mol. The van der Waals surface area contributed by atoms with Gasteiger partial charge in [-0.05, 0) is 62.9 Å². The van der Waals surface area contributed by atoms with Crippen LogP contribution in [0.4, 0.5) is 0 Å². The number of benzene rings is 2. The first-order valence-corrected chi connectivity index (χ1v) is 7.00. The van der Waals surface area contributed by atoms with Gasteiger partial charge in [-0.3, -0.25) is 4.57 Å². The molecule has 0 bridgehead atoms. The van der Waals surface area contributed by atoms with Gasteiger partial charge < -0.3 is 0 Å². The molecule has 0 saturated heterocycles. The Balaban J connectivity index is 2.36. The van der Waals surface area contributed by atoms with Crippen molar-refractivity contribution in [2.24, 2.45) is 0 Å². The summed E-state index contributed by atoms with van der Waals surface area (Å²) in [6, 6.07) is 8.87. The van der Waals surface area contributed by atoms with Gasteiger partial charge in [-0.25, -0.2) is 4.98 Å². The van der Waals surface area contributed by atoms with E-state index in [0.717, 1.165) is 5.52 Å². The molecule has 102 valence electrons. The normalized spacial score (nSPS) is 11.2. The number of hydrogen-bond acceptors (Lipinski definition) is 1. The summed E-state index contributed by atoms with van der Waals surface area (Å²) in [5, 5.41) is 0. The van der Waals surface area contributed by atoms with E-state index < -0.39 is 0 Å². The topological polar surface area (TPSA) is 17.8 Å². The van der Waals surface area contributed by atoms with Crippen LogP contribution >= 0.6 is 0 Å². The van der Waals surface area contributed by atoms with Crippen molar-refractivity contribution in [3.63, 3.8) is 0 Å². The Hall–Kier alpha value is -2.09. The van der Waals surface area contributed by atoms with Crippen LogP contribution in [0, 0.1) is 34.6 Å². The molecular formula is C18H20N2. The van der Waals surface area contributed by atoms with Crippen LogP contribution in [0.2, 0.25) is 0 Å². The van der Waals surface area contributed by atoms with Crippen molar-refractivity contribution < 1.29 is 0 Å². The highest BCUT2D eigenvalue weighted by Gasteiger charge is 2.11. The molecule has 2 heteroatoms. The fourth-order valence-corrected chi connectivity index (χ4v) is 3.20. The number of rotatable bonds is 1. The predicted octanol–water partition coefficient (Wildman–Crippen LogP) is 4.57. The first-order valence-electron chi connectivity index (χ1n) is 7.00. The molecule has 3 aromatic rings. The van der Waals surface area contributed by atoms with Crippen molar-refractivity contribution in [3.8, 4) is 5.69 Å². The molecule has 0 aliphatic rings. The molecule has 20 heavy (non-hydrogen) atoms. The molecule has 0 spiro atoms. The highest BCUT2D eigenvalue weighted by Crippen LogP contribution is 2.27. The smallest absolute Gasteiger partial charge is 0.100 e. The summed E-state index contributed by atoms with van der Waals surface area (Å²) in [7, 11) is 0. The Labute approximate surface area is 120 Å². The molecule has 1 aromatic heterocycles. The lowest BCUT2D eigenvalue weighted by molar-refractivity contribution is 1.05. The Morgan fingerprint density at radius 2 is 1.30 bits per heavy atom. The number of aromatic nitrogens is 2. The highest BCUT2D eigenvalue weighted by atomic mass is 15.1. The molecule has 0 N–H and O–H groups in total. The van der Waals surface area contributed by atoms with Gasteiger partial charge in [0.25, 0.3) is 0 Å². The maximum absolute atomic E-state index is 4.60. The fourth-order valence-electron chi connectivity index (χ4n) is 3.20. The second-order valence-electron chi connectivity index (χ2n) is 5.81. The molecule has 0 radical (unpaired) electrons. The van der Waals surface area contributed by atoms with Crippen molar-refractivity contribution in [2.75, 3.05) is 0 Å². The maximum Gasteiger partial charge on any atom is 0.100 e. The molecule has 2 nitrogen and oxygen atoms in total. The van der Waals surface area contributed by atoms with E-state index >= 15 is 0 Å². The Kier molecular flexibility index (Phi) is 2.89. The number of imidazole rings is 1. The molecule has 0 fully saturated rings. The van der Waals surface area contributed by atoms with E-state index in [1.54, 1.807) is 0 Å². The standard InChI is InChI=1S/C18H20N2/c1-11-7-14(4)18(15(5)8-11)20-10-19-17-13(3)6-12(2)9-16(17)20/h6-10H,1-5H3. The molecule has 2 aromatic carbocycles. The largest absolute Gasteiger partial charge is 0.298 e. The average Bonchev–Trinajstić information content (AvgIpc) is 2.72. The van der Waals surface area contributed by atoms with Crippen LogP contribution < -0.4 is 0 Å². The summed E-state index contributed by atoms with van der Waals surface area (Å²) in [5.74, 6) is 0. The molecule has 1 heterocycles. The minimum absolute atomic E-state index is 1.09. The first-order chi connectivity index (χ1) is 9.47. The van der Waals surface area contributed by atoms with Gasteiger partial charge >= 0.3 is 0 Å². The van der Waals surface area contributed by atoms with Crippen molar-refractivity contribution in [1.29, 1.82) is 0 Å². The van der Waals surface area contributed by atoms with Gasteiger partial charge in [0.05, 0.1) is 16.7 Å². The summed E-state index contributed by atoms with van der Waals surface area (Å²) in [4.78, 5) is 4.60. The van der Waals surface area contributed by atoms with E-state index in [1.807, 2.05) is 6.33 Å². The predicted molar refractivity (Wildman–Crippen MR) is 84.8 cm³/mol. The maximum atomic E-state index is 4.60. The number of fused-ring (bicyclic) bond motifs is 1. The van der Waals surface area contributed by atoms with E-state index in [0.29, 0.717) is 0 Å². The van der Waals surface area contributed by atoms with Crippen molar-refractivity contribution >= 4 is 11.0 Å². The zero-order valence-electron chi connectivity index (χ0n) is 12.8. The molecule has 3 rings (SSSR count). The molecular weight excluding hydrogens is 244 g/mol. The van der Waals surface area contributed by atoms with Gasteiger partial charge in [-0.15, -0.1) is 0 Å². The Bertz CT molecular complexity index is 787. The highest BCUT2D eigenvalue weighted by molar-refractivity contribution is 5.82. The summed E-state index contributed by atoms with van der Waals surface area (Å²) in [6.07, 6.45) is 1.95. The van der Waals surface area contributed by atoms with Crippen LogP contribution in [0.5, 0.6) is 0 Å². The third kappa shape index (κ3) is 1.92. The Morgan fingerprint density at radius 1 is 0.750 bits per heavy atom. The van der Waals surface area contributed by atoms with Crippen LogP contribution in [0.3, 0.4) is 0 Å². The van der Waals surface area contributed by atoms with Crippen molar-refractivity contribution in [2.45, 2.75) is 34.6 Å². The van der Waals surface area contributed by atoms with Gasteiger partial charge in [0.2, 0.25) is 0 Å². The third-order valence-electron chi connectivity index (χ3n) is 3.86. The van der Waals surface area contributed by atoms with Crippen LogP contribution in [-0.2, 0) is 0 Å². The van der Waals surface area contributed by atoms with Crippen LogP contribution in [0.1, 0.15) is 27.8 Å². The Morgan fingerprint density at radius 3 is 1.95 bits per heavy atom. The quantitative estimate of drug-likeness (QED) is 0.629. The second-order valence-corrected chi connectivity index (χ2v) is 5.81. The minimum Gasteiger partial charge on any atom is -0.298 e. The fraction of sp³-hybridized carbons (Fsp3) is 0.278. The summed E-state index contributed by atoms with van der Waals surface area (Å²) < 4.78 is 2.22. The average molecular weight is 264 g/mol. The van der Waals surface area contributed by atoms with Gasteiger partial charge in [-0.2, -0.15) is 0 Å². The molecule has 0 amide bonds. The van der Waals surface area contributed by atoms with Crippen molar-refractivity contribution in [1.82, 2.24) is 9.55 Å². The number of hydrogen-bond donors (Lipinski definition) is 0. The molecule has 0 aliphatic heterocycles. The van der Waals surface area contributed by atoms with Gasteiger partial charge in [0, 0.05) is 0 Å². The first kappa shape index (κ1) is 12.9. The van der Waals surface area contributed by atoms with Gasteiger partial charge in [-0.1, -0.05) is 23.8 Å². The van der Waals surface area contributed by atoms with Crippen LogP contribution in [-0.4, -0.2) is 9.55 Å². The lowest BCUT2D eigenvalue weighted by atomic mass is 10.0. The van der Waals surface area contributed by atoms with E-state index in [9.17, 15) is 0 Å². The van der Waals surface area contributed by atoms with Crippen LogP contribution in [0.25, 0.3) is 16.7 Å². The van der Waals surface area contributed by atoms with E-state index in [2.05, 4.69) is 68.4 Å². The van der Waals surface area contributed by atoms with Crippen molar-refractivity contribution in [3.05, 3.63) is 58.4 Å². The zero-order valence-corrected chi connectivity index (χ0v) is 12.8. The van der Waals surface area contributed by atoms with Gasteiger partial charge in [0.1, 0.15) is 6.33 Å². The molecule has 0 unspecified atom stereocenters. The van der Waals surface area contributed by atoms with E-state index in [4.69, 9.17) is 0 Å².